The van der Waals surface area contributed by atoms with E-state index in [4.69, 9.17) is 9.05 Å². The van der Waals surface area contributed by atoms with Crippen molar-refractivity contribution in [3.8, 4) is 0 Å². The minimum Gasteiger partial charge on any atom is -0.119 e. The molecular weight excluding hydrogens is 367 g/mol. The molecule has 0 aromatic heterocycles. The van der Waals surface area contributed by atoms with Crippen molar-refractivity contribution in [2.24, 2.45) is 0 Å². The van der Waals surface area contributed by atoms with Crippen LogP contribution in [0.5, 0.6) is 0 Å². The van der Waals surface area contributed by atoms with Gasteiger partial charge in [-0.15, -0.1) is 9.05 Å². The van der Waals surface area contributed by atoms with Gasteiger partial charge >= 0.3 is 8.25 Å². The maximum absolute atomic E-state index is 12.1. The van der Waals surface area contributed by atoms with Crippen molar-refractivity contribution in [1.29, 1.82) is 0 Å². The fourth-order valence-electron chi connectivity index (χ4n) is 3.91. The Bertz CT molecular complexity index is 707. The Morgan fingerprint density at radius 3 is 1.39 bits per heavy atom. The minimum atomic E-state index is -2.07. The molecule has 2 aromatic rings. The number of hydrogen-bond donors (Lipinski definition) is 0. The summed E-state index contributed by atoms with van der Waals surface area (Å²) in [6.45, 7) is 9.56. The summed E-state index contributed by atoms with van der Waals surface area (Å²) in [5, 5.41) is 0. The summed E-state index contributed by atoms with van der Waals surface area (Å²) in [7, 11) is -2.07. The van der Waals surface area contributed by atoms with Gasteiger partial charge < -0.3 is 0 Å². The summed E-state index contributed by atoms with van der Waals surface area (Å²) in [4.78, 5) is 0. The lowest BCUT2D eigenvalue weighted by Gasteiger charge is -2.11. The summed E-state index contributed by atoms with van der Waals surface area (Å²) >= 11 is 0. The topological polar surface area (TPSA) is 35.5 Å². The molecule has 0 spiro atoms. The van der Waals surface area contributed by atoms with Gasteiger partial charge in [-0.25, -0.2) is 0 Å². The van der Waals surface area contributed by atoms with E-state index in [0.717, 1.165) is 38.5 Å². The van der Waals surface area contributed by atoms with Gasteiger partial charge in [-0.3, -0.25) is 0 Å². The van der Waals surface area contributed by atoms with Crippen LogP contribution in [-0.4, -0.2) is 13.2 Å². The monoisotopic (exact) mass is 401 g/mol. The molecule has 0 atom stereocenters. The normalized spacial score (nSPS) is 11.0. The standard InChI is InChI=1S/C24H34O3P/c1-5-19-11-9-13-21(23(19)7-3)15-17-26-28(25)27-18-16-22-14-10-12-20(6-2)24(22)8-4/h9-14H,5-8,15-18H2,1-4H3/q+1. The van der Waals surface area contributed by atoms with Crippen molar-refractivity contribution in [3.63, 3.8) is 0 Å². The molecule has 152 valence electrons. The zero-order chi connectivity index (χ0) is 20.4. The van der Waals surface area contributed by atoms with Crippen molar-refractivity contribution in [3.05, 3.63) is 69.8 Å². The summed E-state index contributed by atoms with van der Waals surface area (Å²) in [5.41, 5.74) is 8.15. The first-order valence-corrected chi connectivity index (χ1v) is 11.7. The lowest BCUT2D eigenvalue weighted by molar-refractivity contribution is 0.229. The first-order valence-electron chi connectivity index (χ1n) is 10.6. The first-order chi connectivity index (χ1) is 13.6. The molecule has 0 heterocycles. The van der Waals surface area contributed by atoms with Gasteiger partial charge in [0, 0.05) is 17.4 Å². The van der Waals surface area contributed by atoms with E-state index < -0.39 is 8.25 Å². The van der Waals surface area contributed by atoms with Crippen molar-refractivity contribution in [2.45, 2.75) is 66.2 Å². The molecule has 0 fully saturated rings. The van der Waals surface area contributed by atoms with Crippen LogP contribution >= 0.6 is 8.25 Å². The van der Waals surface area contributed by atoms with Gasteiger partial charge in [0.1, 0.15) is 13.2 Å². The Hall–Kier alpha value is -1.54. The number of aryl methyl sites for hydroxylation is 2. The Labute approximate surface area is 171 Å². The smallest absolute Gasteiger partial charge is 0.119 e. The van der Waals surface area contributed by atoms with E-state index in [0.29, 0.717) is 13.2 Å². The molecule has 0 saturated carbocycles. The highest BCUT2D eigenvalue weighted by Crippen LogP contribution is 2.26. The van der Waals surface area contributed by atoms with Gasteiger partial charge in [0.05, 0.1) is 0 Å². The highest BCUT2D eigenvalue weighted by Gasteiger charge is 2.20. The van der Waals surface area contributed by atoms with Crippen molar-refractivity contribution in [1.82, 2.24) is 0 Å². The van der Waals surface area contributed by atoms with E-state index in [-0.39, 0.29) is 0 Å². The second-order valence-corrected chi connectivity index (χ2v) is 7.88. The second-order valence-electron chi connectivity index (χ2n) is 6.91. The van der Waals surface area contributed by atoms with E-state index in [9.17, 15) is 4.57 Å². The average Bonchev–Trinajstić information content (AvgIpc) is 2.73. The van der Waals surface area contributed by atoms with Gasteiger partial charge in [0.25, 0.3) is 0 Å². The first kappa shape index (κ1) is 22.7. The quantitative estimate of drug-likeness (QED) is 0.385. The van der Waals surface area contributed by atoms with Crippen LogP contribution in [0.4, 0.5) is 0 Å². The number of rotatable bonds is 12. The van der Waals surface area contributed by atoms with E-state index in [1.165, 1.54) is 33.4 Å². The lowest BCUT2D eigenvalue weighted by atomic mass is 9.96. The van der Waals surface area contributed by atoms with Gasteiger partial charge in [-0.05, 0) is 59.1 Å². The van der Waals surface area contributed by atoms with Crippen LogP contribution < -0.4 is 0 Å². The number of benzene rings is 2. The highest BCUT2D eigenvalue weighted by atomic mass is 31.1. The second kappa shape index (κ2) is 12.1. The van der Waals surface area contributed by atoms with Crippen LogP contribution in [0.2, 0.25) is 0 Å². The maximum Gasteiger partial charge on any atom is 0.697 e. The maximum atomic E-state index is 12.1. The SMILES string of the molecule is CCc1cccc(CCO[P+](=O)OCCc2cccc(CC)c2CC)c1CC. The molecule has 2 aromatic carbocycles. The molecule has 0 bridgehead atoms. The molecule has 0 radical (unpaired) electrons. The third kappa shape index (κ3) is 6.24. The summed E-state index contributed by atoms with van der Waals surface area (Å²) < 4.78 is 23.0. The van der Waals surface area contributed by atoms with E-state index >= 15 is 0 Å². The van der Waals surface area contributed by atoms with Crippen LogP contribution in [0, 0.1) is 0 Å². The van der Waals surface area contributed by atoms with E-state index in [2.05, 4.69) is 64.1 Å². The molecule has 0 unspecified atom stereocenters. The Morgan fingerprint density at radius 1 is 0.643 bits per heavy atom. The zero-order valence-corrected chi connectivity index (χ0v) is 18.7. The van der Waals surface area contributed by atoms with Crippen LogP contribution in [-0.2, 0) is 52.1 Å². The summed E-state index contributed by atoms with van der Waals surface area (Å²) in [6, 6.07) is 12.8. The van der Waals surface area contributed by atoms with Crippen LogP contribution in [0.3, 0.4) is 0 Å². The highest BCUT2D eigenvalue weighted by molar-refractivity contribution is 7.33. The predicted molar refractivity (Wildman–Crippen MR) is 117 cm³/mol. The molecule has 0 aliphatic carbocycles. The van der Waals surface area contributed by atoms with Crippen LogP contribution in [0.15, 0.2) is 36.4 Å². The third-order valence-electron chi connectivity index (χ3n) is 5.35. The van der Waals surface area contributed by atoms with E-state index in [1.807, 2.05) is 0 Å². The zero-order valence-electron chi connectivity index (χ0n) is 17.8. The van der Waals surface area contributed by atoms with Crippen LogP contribution in [0.1, 0.15) is 61.1 Å². The van der Waals surface area contributed by atoms with Gasteiger partial charge in [0.15, 0.2) is 0 Å². The molecule has 4 heteroatoms. The molecule has 0 N–H and O–H groups in total. The molecular formula is C24H34O3P+. The predicted octanol–water partition coefficient (Wildman–Crippen LogP) is 6.41. The van der Waals surface area contributed by atoms with Gasteiger partial charge in [-0.1, -0.05) is 64.1 Å². The third-order valence-corrected chi connectivity index (χ3v) is 6.13. The fourth-order valence-corrected chi connectivity index (χ4v) is 4.47. The van der Waals surface area contributed by atoms with E-state index in [1.54, 1.807) is 0 Å². The fraction of sp³-hybridized carbons (Fsp3) is 0.500. The molecule has 0 saturated heterocycles. The molecule has 0 aliphatic heterocycles. The van der Waals surface area contributed by atoms with Gasteiger partial charge in [-0.2, -0.15) is 0 Å². The molecule has 28 heavy (non-hydrogen) atoms. The Kier molecular flexibility index (Phi) is 9.84. The molecule has 0 amide bonds. The van der Waals surface area contributed by atoms with Crippen molar-refractivity contribution >= 4 is 8.25 Å². The van der Waals surface area contributed by atoms with Crippen LogP contribution in [0.25, 0.3) is 0 Å². The molecule has 3 nitrogen and oxygen atoms in total. The lowest BCUT2D eigenvalue weighted by Crippen LogP contribution is -2.03. The summed E-state index contributed by atoms with van der Waals surface area (Å²) in [5.74, 6) is 0. The Morgan fingerprint density at radius 2 is 1.04 bits per heavy atom. The summed E-state index contributed by atoms with van der Waals surface area (Å²) in [6.07, 6.45) is 5.62. The Balaban J connectivity index is 1.80. The molecule has 0 aliphatic rings. The largest absolute Gasteiger partial charge is 0.697 e. The number of hydrogen-bond acceptors (Lipinski definition) is 3. The van der Waals surface area contributed by atoms with Crippen molar-refractivity contribution in [2.75, 3.05) is 13.2 Å². The van der Waals surface area contributed by atoms with Gasteiger partial charge in [0.2, 0.25) is 0 Å². The average molecular weight is 402 g/mol. The minimum absolute atomic E-state index is 0.418. The van der Waals surface area contributed by atoms with Crippen molar-refractivity contribution < 1.29 is 13.6 Å². The molecule has 2 rings (SSSR count).